The SMILES string of the molecule is O=C(O)c1ccc(CCCC2C(Cl)CC(O)C2C#Cc2ccncc2)s1. The molecule has 0 saturated heterocycles. The Morgan fingerprint density at radius 1 is 1.31 bits per heavy atom. The van der Waals surface area contributed by atoms with Crippen LogP contribution in [0.5, 0.6) is 0 Å². The molecular weight excluding hydrogens is 370 g/mol. The Balaban J connectivity index is 1.61. The molecule has 4 nitrogen and oxygen atoms in total. The van der Waals surface area contributed by atoms with Gasteiger partial charge in [-0.15, -0.1) is 22.9 Å². The zero-order valence-corrected chi connectivity index (χ0v) is 15.7. The van der Waals surface area contributed by atoms with E-state index in [4.69, 9.17) is 16.7 Å². The van der Waals surface area contributed by atoms with Crippen molar-refractivity contribution in [1.82, 2.24) is 4.98 Å². The third-order valence-electron chi connectivity index (χ3n) is 4.70. The van der Waals surface area contributed by atoms with E-state index in [0.29, 0.717) is 11.3 Å². The maximum atomic E-state index is 11.0. The molecule has 2 N–H and O–H groups in total. The van der Waals surface area contributed by atoms with Crippen molar-refractivity contribution in [2.24, 2.45) is 11.8 Å². The smallest absolute Gasteiger partial charge is 0.345 e. The van der Waals surface area contributed by atoms with Crippen LogP contribution in [0.4, 0.5) is 0 Å². The number of thiophene rings is 1. The normalized spacial score (nSPS) is 24.8. The van der Waals surface area contributed by atoms with Crippen molar-refractivity contribution in [3.8, 4) is 11.8 Å². The van der Waals surface area contributed by atoms with E-state index < -0.39 is 12.1 Å². The summed E-state index contributed by atoms with van der Waals surface area (Å²) in [7, 11) is 0. The van der Waals surface area contributed by atoms with Gasteiger partial charge >= 0.3 is 5.97 Å². The van der Waals surface area contributed by atoms with Crippen molar-refractivity contribution in [1.29, 1.82) is 0 Å². The number of hydrogen-bond donors (Lipinski definition) is 2. The minimum atomic E-state index is -0.882. The second kappa shape index (κ2) is 8.68. The van der Waals surface area contributed by atoms with Crippen LogP contribution in [-0.2, 0) is 6.42 Å². The summed E-state index contributed by atoms with van der Waals surface area (Å²) < 4.78 is 0. The summed E-state index contributed by atoms with van der Waals surface area (Å²) in [6.45, 7) is 0. The van der Waals surface area contributed by atoms with Crippen molar-refractivity contribution >= 4 is 28.9 Å². The zero-order chi connectivity index (χ0) is 18.5. The van der Waals surface area contributed by atoms with Crippen LogP contribution >= 0.6 is 22.9 Å². The maximum Gasteiger partial charge on any atom is 0.345 e. The summed E-state index contributed by atoms with van der Waals surface area (Å²) in [5.41, 5.74) is 0.878. The molecule has 0 radical (unpaired) electrons. The summed E-state index contributed by atoms with van der Waals surface area (Å²) in [4.78, 5) is 16.4. The van der Waals surface area contributed by atoms with Gasteiger partial charge < -0.3 is 10.2 Å². The Kier molecular flexibility index (Phi) is 6.31. The first-order valence-electron chi connectivity index (χ1n) is 8.60. The minimum absolute atomic E-state index is 0.0837. The third kappa shape index (κ3) is 4.64. The fourth-order valence-electron chi connectivity index (χ4n) is 3.37. The van der Waals surface area contributed by atoms with Crippen molar-refractivity contribution in [3.63, 3.8) is 0 Å². The van der Waals surface area contributed by atoms with E-state index in [9.17, 15) is 9.90 Å². The van der Waals surface area contributed by atoms with E-state index >= 15 is 0 Å². The van der Waals surface area contributed by atoms with E-state index in [1.54, 1.807) is 18.5 Å². The van der Waals surface area contributed by atoms with Crippen LogP contribution in [0, 0.1) is 23.7 Å². The molecule has 2 aromatic rings. The number of aliphatic hydroxyl groups is 1. The summed E-state index contributed by atoms with van der Waals surface area (Å²) in [6.07, 6.45) is 6.03. The molecule has 4 unspecified atom stereocenters. The number of carbonyl (C=O) groups is 1. The standard InChI is InChI=1S/C20H20ClNO3S/c21-17-12-18(23)16(6-4-13-8-10-22-11-9-13)15(17)3-1-2-14-5-7-19(26-14)20(24)25/h5,7-11,15-18,23H,1-3,12H2,(H,24,25). The van der Waals surface area contributed by atoms with Crippen LogP contribution in [0.25, 0.3) is 0 Å². The van der Waals surface area contributed by atoms with Gasteiger partial charge in [0.1, 0.15) is 4.88 Å². The predicted molar refractivity (Wildman–Crippen MR) is 103 cm³/mol. The molecule has 1 fully saturated rings. The van der Waals surface area contributed by atoms with E-state index in [-0.39, 0.29) is 17.2 Å². The van der Waals surface area contributed by atoms with Gasteiger partial charge in [0, 0.05) is 28.2 Å². The molecule has 0 bridgehead atoms. The molecule has 6 heteroatoms. The molecule has 0 amide bonds. The van der Waals surface area contributed by atoms with Crippen molar-refractivity contribution in [2.75, 3.05) is 0 Å². The third-order valence-corrected chi connectivity index (χ3v) is 6.34. The average Bonchev–Trinajstić information content (AvgIpc) is 3.19. The molecule has 0 aliphatic heterocycles. The quantitative estimate of drug-likeness (QED) is 0.602. The number of pyridine rings is 1. The largest absolute Gasteiger partial charge is 0.477 e. The lowest BCUT2D eigenvalue weighted by molar-refractivity contribution is 0.0702. The molecule has 4 atom stereocenters. The van der Waals surface area contributed by atoms with Gasteiger partial charge in [0.25, 0.3) is 0 Å². The van der Waals surface area contributed by atoms with Gasteiger partial charge in [-0.3, -0.25) is 4.98 Å². The van der Waals surface area contributed by atoms with E-state index in [1.807, 2.05) is 18.2 Å². The molecule has 136 valence electrons. The van der Waals surface area contributed by atoms with Gasteiger partial charge in [-0.05, 0) is 55.9 Å². The highest BCUT2D eigenvalue weighted by molar-refractivity contribution is 7.13. The van der Waals surface area contributed by atoms with Crippen LogP contribution in [0.1, 0.15) is 39.4 Å². The van der Waals surface area contributed by atoms with Crippen LogP contribution in [-0.4, -0.2) is 32.6 Å². The number of carboxylic acid groups (broad SMARTS) is 1. The van der Waals surface area contributed by atoms with E-state index in [1.165, 1.54) is 11.3 Å². The number of aromatic carboxylic acids is 1. The molecule has 0 spiro atoms. The van der Waals surface area contributed by atoms with Crippen molar-refractivity contribution in [2.45, 2.75) is 37.2 Å². The second-order valence-corrected chi connectivity index (χ2v) is 8.21. The number of hydrogen-bond acceptors (Lipinski definition) is 4. The molecule has 1 saturated carbocycles. The highest BCUT2D eigenvalue weighted by Crippen LogP contribution is 2.39. The van der Waals surface area contributed by atoms with Gasteiger partial charge in [0.05, 0.1) is 12.0 Å². The average molecular weight is 390 g/mol. The Hall–Kier alpha value is -1.87. The van der Waals surface area contributed by atoms with Gasteiger partial charge in [0.15, 0.2) is 0 Å². The first-order chi connectivity index (χ1) is 12.5. The van der Waals surface area contributed by atoms with Crippen molar-refractivity contribution < 1.29 is 15.0 Å². The highest BCUT2D eigenvalue weighted by atomic mass is 35.5. The first kappa shape index (κ1) is 18.9. The lowest BCUT2D eigenvalue weighted by atomic mass is 9.90. The number of aromatic nitrogens is 1. The molecule has 2 heterocycles. The Morgan fingerprint density at radius 2 is 2.08 bits per heavy atom. The van der Waals surface area contributed by atoms with Crippen LogP contribution in [0.2, 0.25) is 0 Å². The number of carboxylic acids is 1. The number of aliphatic hydroxyl groups excluding tert-OH is 1. The maximum absolute atomic E-state index is 11.0. The summed E-state index contributed by atoms with van der Waals surface area (Å²) in [5, 5.41) is 19.2. The molecule has 1 aliphatic rings. The lowest BCUT2D eigenvalue weighted by Crippen LogP contribution is -2.19. The Labute approximate surface area is 161 Å². The predicted octanol–water partition coefficient (Wildman–Crippen LogP) is 3.82. The van der Waals surface area contributed by atoms with Gasteiger partial charge in [-0.2, -0.15) is 0 Å². The van der Waals surface area contributed by atoms with Gasteiger partial charge in [0.2, 0.25) is 0 Å². The second-order valence-electron chi connectivity index (χ2n) is 6.48. The topological polar surface area (TPSA) is 70.4 Å². The molecule has 3 rings (SSSR count). The molecule has 26 heavy (non-hydrogen) atoms. The fraction of sp³-hybridized carbons (Fsp3) is 0.400. The number of nitrogens with zero attached hydrogens (tertiary/aromatic N) is 1. The molecule has 0 aromatic carbocycles. The minimum Gasteiger partial charge on any atom is -0.477 e. The summed E-state index contributed by atoms with van der Waals surface area (Å²) >= 11 is 7.78. The van der Waals surface area contributed by atoms with E-state index in [2.05, 4.69) is 16.8 Å². The number of rotatable bonds is 5. The summed E-state index contributed by atoms with van der Waals surface area (Å²) in [6, 6.07) is 7.21. The molecule has 1 aliphatic carbocycles. The fourth-order valence-corrected chi connectivity index (χ4v) is 4.72. The zero-order valence-electron chi connectivity index (χ0n) is 14.1. The highest BCUT2D eigenvalue weighted by Gasteiger charge is 2.40. The number of halogens is 1. The van der Waals surface area contributed by atoms with Crippen LogP contribution in [0.3, 0.4) is 0 Å². The van der Waals surface area contributed by atoms with Gasteiger partial charge in [-0.1, -0.05) is 11.8 Å². The summed E-state index contributed by atoms with van der Waals surface area (Å²) in [5.74, 6) is 5.45. The number of alkyl halides is 1. The molecular formula is C20H20ClNO3S. The number of aryl methyl sites for hydroxylation is 1. The monoisotopic (exact) mass is 389 g/mol. The lowest BCUT2D eigenvalue weighted by Gasteiger charge is -2.18. The Morgan fingerprint density at radius 3 is 2.77 bits per heavy atom. The van der Waals surface area contributed by atoms with Crippen molar-refractivity contribution in [3.05, 3.63) is 52.0 Å². The Bertz CT molecular complexity index is 811. The molecule has 2 aromatic heterocycles. The first-order valence-corrected chi connectivity index (χ1v) is 9.85. The van der Waals surface area contributed by atoms with Gasteiger partial charge in [-0.25, -0.2) is 4.79 Å². The van der Waals surface area contributed by atoms with Crippen LogP contribution < -0.4 is 0 Å². The van der Waals surface area contributed by atoms with Crippen LogP contribution in [0.15, 0.2) is 36.7 Å². The van der Waals surface area contributed by atoms with E-state index in [0.717, 1.165) is 29.7 Å².